The number of carbonyl (C=O) groups is 3. The summed E-state index contributed by atoms with van der Waals surface area (Å²) >= 11 is 0. The van der Waals surface area contributed by atoms with Crippen molar-refractivity contribution in [3.05, 3.63) is 54.1 Å². The van der Waals surface area contributed by atoms with E-state index in [2.05, 4.69) is 10.6 Å². The lowest BCUT2D eigenvalue weighted by Gasteiger charge is -2.38. The number of rotatable bonds is 5. The van der Waals surface area contributed by atoms with Gasteiger partial charge in [0.2, 0.25) is 5.91 Å². The summed E-state index contributed by atoms with van der Waals surface area (Å²) in [5, 5.41) is 5.43. The van der Waals surface area contributed by atoms with Crippen LogP contribution in [-0.2, 0) is 9.59 Å². The van der Waals surface area contributed by atoms with Gasteiger partial charge < -0.3 is 25.2 Å². The van der Waals surface area contributed by atoms with Crippen LogP contribution in [0.4, 0.5) is 11.4 Å². The summed E-state index contributed by atoms with van der Waals surface area (Å²) in [4.78, 5) is 41.3. The lowest BCUT2D eigenvalue weighted by atomic mass is 10.1. The fourth-order valence-electron chi connectivity index (χ4n) is 4.13. The predicted octanol–water partition coefficient (Wildman–Crippen LogP) is 2.26. The van der Waals surface area contributed by atoms with Gasteiger partial charge in [-0.2, -0.15) is 0 Å². The number of ether oxygens (including phenoxy) is 1. The molecule has 3 amide bonds. The van der Waals surface area contributed by atoms with Crippen LogP contribution in [0.2, 0.25) is 0 Å². The number of carbonyl (C=O) groups excluding carboxylic acids is 3. The molecule has 0 bridgehead atoms. The summed E-state index contributed by atoms with van der Waals surface area (Å²) in [6.45, 7) is 1.91. The van der Waals surface area contributed by atoms with Gasteiger partial charge in [0.25, 0.3) is 11.8 Å². The number of hydrogen-bond donors (Lipinski definition) is 2. The van der Waals surface area contributed by atoms with Crippen molar-refractivity contribution in [1.29, 1.82) is 0 Å². The second-order valence-corrected chi connectivity index (χ2v) is 8.05. The lowest BCUT2D eigenvalue weighted by molar-refractivity contribution is -0.139. The van der Waals surface area contributed by atoms with E-state index >= 15 is 0 Å². The van der Waals surface area contributed by atoms with Crippen LogP contribution in [0.15, 0.2) is 48.5 Å². The Morgan fingerprint density at radius 3 is 2.44 bits per heavy atom. The number of benzene rings is 2. The molecule has 0 radical (unpaired) electrons. The van der Waals surface area contributed by atoms with Crippen LogP contribution in [0.1, 0.15) is 29.6 Å². The molecule has 1 atom stereocenters. The third-order valence-corrected chi connectivity index (χ3v) is 5.80. The SMILES string of the molecule is CNC(=O)c1ccc(NC(=O)CN2C[C@@H](C(=O)N3CCCCC3)Oc3ccccc32)cc1. The fourth-order valence-corrected chi connectivity index (χ4v) is 4.13. The minimum Gasteiger partial charge on any atom is -0.477 e. The number of fused-ring (bicyclic) bond motifs is 1. The molecule has 8 heteroatoms. The van der Waals surface area contributed by atoms with Crippen LogP contribution in [0.3, 0.4) is 0 Å². The van der Waals surface area contributed by atoms with Crippen molar-refractivity contribution in [3.63, 3.8) is 0 Å². The van der Waals surface area contributed by atoms with Gasteiger partial charge in [0.1, 0.15) is 5.75 Å². The zero-order valence-electron chi connectivity index (χ0n) is 18.2. The minimum absolute atomic E-state index is 0.0191. The molecule has 2 aliphatic rings. The molecular formula is C24H28N4O4. The Labute approximate surface area is 187 Å². The number of likely N-dealkylation sites (tertiary alicyclic amines) is 1. The molecular weight excluding hydrogens is 408 g/mol. The molecule has 0 aliphatic carbocycles. The van der Waals surface area contributed by atoms with Crippen molar-refractivity contribution >= 4 is 29.1 Å². The first-order chi connectivity index (χ1) is 15.5. The highest BCUT2D eigenvalue weighted by Gasteiger charge is 2.34. The largest absolute Gasteiger partial charge is 0.477 e. The molecule has 0 unspecified atom stereocenters. The van der Waals surface area contributed by atoms with Gasteiger partial charge in [0.15, 0.2) is 6.10 Å². The molecule has 0 spiro atoms. The Morgan fingerprint density at radius 1 is 1.00 bits per heavy atom. The van der Waals surface area contributed by atoms with E-state index in [1.54, 1.807) is 31.3 Å². The maximum atomic E-state index is 13.0. The average Bonchev–Trinajstić information content (AvgIpc) is 2.84. The van der Waals surface area contributed by atoms with Crippen LogP contribution < -0.4 is 20.3 Å². The van der Waals surface area contributed by atoms with Gasteiger partial charge in [-0.15, -0.1) is 0 Å². The summed E-state index contributed by atoms with van der Waals surface area (Å²) in [5.74, 6) is 0.196. The summed E-state index contributed by atoms with van der Waals surface area (Å²) in [5.41, 5.74) is 1.91. The molecule has 1 saturated heterocycles. The standard InChI is InChI=1S/C24H28N4O4/c1-25-23(30)17-9-11-18(12-10-17)26-22(29)16-28-15-21(24(31)27-13-5-2-6-14-27)32-20-8-4-3-7-19(20)28/h3-4,7-12,21H,2,5-6,13-16H2,1H3,(H,25,30)(H,26,29)/t21-/m0/s1. The highest BCUT2D eigenvalue weighted by atomic mass is 16.5. The van der Waals surface area contributed by atoms with Crippen molar-refractivity contribution in [2.24, 2.45) is 0 Å². The number of piperidine rings is 1. The molecule has 2 aliphatic heterocycles. The van der Waals surface area contributed by atoms with Crippen molar-refractivity contribution in [1.82, 2.24) is 10.2 Å². The fraction of sp³-hybridized carbons (Fsp3) is 0.375. The maximum Gasteiger partial charge on any atom is 0.265 e. The summed E-state index contributed by atoms with van der Waals surface area (Å²) in [7, 11) is 1.57. The molecule has 1 fully saturated rings. The van der Waals surface area contributed by atoms with Gasteiger partial charge in [-0.05, 0) is 55.7 Å². The lowest BCUT2D eigenvalue weighted by Crippen LogP contribution is -2.52. The van der Waals surface area contributed by atoms with Crippen LogP contribution in [0.25, 0.3) is 0 Å². The Morgan fingerprint density at radius 2 is 1.72 bits per heavy atom. The van der Waals surface area contributed by atoms with Crippen molar-refractivity contribution in [2.75, 3.05) is 43.4 Å². The first-order valence-electron chi connectivity index (χ1n) is 11.0. The normalized spacial score (nSPS) is 17.7. The first-order valence-corrected chi connectivity index (χ1v) is 11.0. The maximum absolute atomic E-state index is 13.0. The van der Waals surface area contributed by atoms with Crippen molar-refractivity contribution in [3.8, 4) is 5.75 Å². The van der Waals surface area contributed by atoms with E-state index in [0.29, 0.717) is 23.5 Å². The molecule has 0 aromatic heterocycles. The van der Waals surface area contributed by atoms with E-state index in [0.717, 1.165) is 38.0 Å². The van der Waals surface area contributed by atoms with Crippen LogP contribution in [0.5, 0.6) is 5.75 Å². The van der Waals surface area contributed by atoms with E-state index in [1.807, 2.05) is 34.1 Å². The summed E-state index contributed by atoms with van der Waals surface area (Å²) in [6, 6.07) is 14.2. The van der Waals surface area contributed by atoms with Gasteiger partial charge in [-0.3, -0.25) is 14.4 Å². The smallest absolute Gasteiger partial charge is 0.265 e. The quantitative estimate of drug-likeness (QED) is 0.750. The zero-order valence-corrected chi connectivity index (χ0v) is 18.2. The molecule has 168 valence electrons. The molecule has 32 heavy (non-hydrogen) atoms. The first kappa shape index (κ1) is 21.7. The van der Waals surface area contributed by atoms with E-state index in [1.165, 1.54) is 0 Å². The zero-order chi connectivity index (χ0) is 22.5. The molecule has 2 heterocycles. The number of anilines is 2. The number of hydrogen-bond acceptors (Lipinski definition) is 5. The Kier molecular flexibility index (Phi) is 6.58. The molecule has 2 N–H and O–H groups in total. The number of amides is 3. The Bertz CT molecular complexity index is 986. The predicted molar refractivity (Wildman–Crippen MR) is 122 cm³/mol. The molecule has 4 rings (SSSR count). The van der Waals surface area contributed by atoms with Crippen LogP contribution in [0, 0.1) is 0 Å². The monoisotopic (exact) mass is 436 g/mol. The van der Waals surface area contributed by atoms with E-state index in [-0.39, 0.29) is 24.3 Å². The van der Waals surface area contributed by atoms with E-state index < -0.39 is 6.10 Å². The second-order valence-electron chi connectivity index (χ2n) is 8.05. The van der Waals surface area contributed by atoms with Gasteiger partial charge >= 0.3 is 0 Å². The van der Waals surface area contributed by atoms with Gasteiger partial charge in [-0.1, -0.05) is 12.1 Å². The summed E-state index contributed by atoms with van der Waals surface area (Å²) in [6.07, 6.45) is 2.54. The van der Waals surface area contributed by atoms with Crippen LogP contribution >= 0.6 is 0 Å². The Hall–Kier alpha value is -3.55. The minimum atomic E-state index is -0.636. The topological polar surface area (TPSA) is 91.0 Å². The highest BCUT2D eigenvalue weighted by molar-refractivity contribution is 5.97. The van der Waals surface area contributed by atoms with Gasteiger partial charge in [-0.25, -0.2) is 0 Å². The molecule has 2 aromatic carbocycles. The second kappa shape index (κ2) is 9.72. The number of nitrogens with zero attached hydrogens (tertiary/aromatic N) is 2. The molecule has 0 saturated carbocycles. The van der Waals surface area contributed by atoms with Gasteiger partial charge in [0, 0.05) is 31.4 Å². The number of para-hydroxylation sites is 2. The third-order valence-electron chi connectivity index (χ3n) is 5.80. The highest BCUT2D eigenvalue weighted by Crippen LogP contribution is 2.33. The van der Waals surface area contributed by atoms with E-state index in [9.17, 15) is 14.4 Å². The molecule has 8 nitrogen and oxygen atoms in total. The van der Waals surface area contributed by atoms with Gasteiger partial charge in [0.05, 0.1) is 18.8 Å². The summed E-state index contributed by atoms with van der Waals surface area (Å²) < 4.78 is 6.02. The number of nitrogens with one attached hydrogen (secondary N) is 2. The van der Waals surface area contributed by atoms with Crippen molar-refractivity contribution in [2.45, 2.75) is 25.4 Å². The van der Waals surface area contributed by atoms with Crippen molar-refractivity contribution < 1.29 is 19.1 Å². The molecule has 2 aromatic rings. The average molecular weight is 437 g/mol. The third kappa shape index (κ3) is 4.85. The Balaban J connectivity index is 1.44. The van der Waals surface area contributed by atoms with Crippen LogP contribution in [-0.4, -0.2) is 62.0 Å². The van der Waals surface area contributed by atoms with E-state index in [4.69, 9.17) is 4.74 Å².